The molecule has 1 heterocycles. The maximum Gasteiger partial charge on any atom is 0.300 e. The first-order chi connectivity index (χ1) is 17.4. The van der Waals surface area contributed by atoms with E-state index in [9.17, 15) is 14.4 Å². The predicted octanol–water partition coefficient (Wildman–Crippen LogP) is 0.559. The SMILES string of the molecule is CC(=O)O.CCOC(C(=O)NCc1ccc(C(=N)N)cc1OCC(N)=O)N1C=C2C=CC(=O)C(C)=C2C1. The van der Waals surface area contributed by atoms with Crippen molar-refractivity contribution < 1.29 is 33.8 Å². The Morgan fingerprint density at radius 1 is 1.24 bits per heavy atom. The number of nitrogens with zero attached hydrogens (tertiary/aromatic N) is 1. The third kappa shape index (κ3) is 8.04. The lowest BCUT2D eigenvalue weighted by molar-refractivity contribution is -0.142. The second-order valence-corrected chi connectivity index (χ2v) is 8.09. The molecule has 0 spiro atoms. The smallest absolute Gasteiger partial charge is 0.300 e. The molecule has 0 saturated heterocycles. The molecule has 2 aliphatic rings. The molecular formula is C25H31N5O7. The minimum absolute atomic E-state index is 0.0427. The molecule has 37 heavy (non-hydrogen) atoms. The number of aliphatic carboxylic acids is 1. The van der Waals surface area contributed by atoms with Crippen LogP contribution in [0.15, 0.2) is 53.3 Å². The van der Waals surface area contributed by atoms with Crippen LogP contribution >= 0.6 is 0 Å². The van der Waals surface area contributed by atoms with E-state index < -0.39 is 18.1 Å². The van der Waals surface area contributed by atoms with Gasteiger partial charge in [0.2, 0.25) is 6.23 Å². The Hall–Kier alpha value is -4.45. The summed E-state index contributed by atoms with van der Waals surface area (Å²) in [6.07, 6.45) is 4.17. The number of allylic oxidation sites excluding steroid dienone is 3. The number of nitrogens with two attached hydrogens (primary N) is 2. The molecular weight excluding hydrogens is 482 g/mol. The van der Waals surface area contributed by atoms with E-state index in [1.165, 1.54) is 12.1 Å². The van der Waals surface area contributed by atoms with Gasteiger partial charge in [-0.1, -0.05) is 12.1 Å². The number of ether oxygens (including phenoxy) is 2. The Bertz CT molecular complexity index is 1180. The van der Waals surface area contributed by atoms with Gasteiger partial charge in [0.15, 0.2) is 12.4 Å². The van der Waals surface area contributed by atoms with Crippen LogP contribution in [0.1, 0.15) is 31.9 Å². The van der Waals surface area contributed by atoms with Crippen molar-refractivity contribution >= 4 is 29.4 Å². The van der Waals surface area contributed by atoms with E-state index in [1.54, 1.807) is 37.0 Å². The molecule has 12 nitrogen and oxygen atoms in total. The summed E-state index contributed by atoms with van der Waals surface area (Å²) in [5.41, 5.74) is 14.1. The molecule has 1 atom stereocenters. The number of carboxylic acid groups (broad SMARTS) is 1. The monoisotopic (exact) mass is 513 g/mol. The van der Waals surface area contributed by atoms with Crippen LogP contribution in [0.3, 0.4) is 0 Å². The zero-order valence-corrected chi connectivity index (χ0v) is 20.9. The van der Waals surface area contributed by atoms with Crippen LogP contribution in [0, 0.1) is 5.41 Å². The summed E-state index contributed by atoms with van der Waals surface area (Å²) in [5.74, 6) is -1.79. The number of hydrogen-bond donors (Lipinski definition) is 5. The largest absolute Gasteiger partial charge is 0.483 e. The van der Waals surface area contributed by atoms with Crippen LogP contribution < -0.4 is 21.5 Å². The molecule has 1 aromatic carbocycles. The van der Waals surface area contributed by atoms with Crippen LogP contribution in [-0.2, 0) is 30.5 Å². The Balaban J connectivity index is 0.00000112. The van der Waals surface area contributed by atoms with E-state index in [2.05, 4.69) is 5.32 Å². The first-order valence-electron chi connectivity index (χ1n) is 11.3. The predicted molar refractivity (Wildman–Crippen MR) is 134 cm³/mol. The second-order valence-electron chi connectivity index (χ2n) is 8.09. The van der Waals surface area contributed by atoms with Gasteiger partial charge >= 0.3 is 0 Å². The topological polar surface area (TPSA) is 198 Å². The van der Waals surface area contributed by atoms with Gasteiger partial charge in [-0.25, -0.2) is 0 Å². The van der Waals surface area contributed by atoms with Crippen molar-refractivity contribution in [1.29, 1.82) is 5.41 Å². The Labute approximate surface area is 214 Å². The molecule has 0 saturated carbocycles. The maximum absolute atomic E-state index is 13.0. The Kier molecular flexibility index (Phi) is 10.1. The van der Waals surface area contributed by atoms with Crippen molar-refractivity contribution in [2.24, 2.45) is 11.5 Å². The van der Waals surface area contributed by atoms with Crippen LogP contribution in [0.2, 0.25) is 0 Å². The lowest BCUT2D eigenvalue weighted by Crippen LogP contribution is -2.45. The van der Waals surface area contributed by atoms with E-state index in [1.807, 2.05) is 6.20 Å². The molecule has 1 aromatic rings. The van der Waals surface area contributed by atoms with E-state index in [4.69, 9.17) is 36.3 Å². The summed E-state index contributed by atoms with van der Waals surface area (Å²) >= 11 is 0. The van der Waals surface area contributed by atoms with Crippen LogP contribution in [0.5, 0.6) is 5.75 Å². The normalized spacial score (nSPS) is 14.7. The Morgan fingerprint density at radius 2 is 1.92 bits per heavy atom. The molecule has 3 rings (SSSR count). The highest BCUT2D eigenvalue weighted by Crippen LogP contribution is 2.30. The zero-order valence-electron chi connectivity index (χ0n) is 20.9. The van der Waals surface area contributed by atoms with Gasteiger partial charge in [-0.3, -0.25) is 24.6 Å². The summed E-state index contributed by atoms with van der Waals surface area (Å²) in [7, 11) is 0. The molecule has 1 unspecified atom stereocenters. The summed E-state index contributed by atoms with van der Waals surface area (Å²) < 4.78 is 11.1. The number of primary amides is 1. The second kappa shape index (κ2) is 13.0. The number of benzene rings is 1. The highest BCUT2D eigenvalue weighted by molar-refractivity contribution is 6.07. The fourth-order valence-corrected chi connectivity index (χ4v) is 3.55. The van der Waals surface area contributed by atoms with Crippen molar-refractivity contribution in [1.82, 2.24) is 10.2 Å². The van der Waals surface area contributed by atoms with Crippen molar-refractivity contribution in [3.8, 4) is 5.75 Å². The van der Waals surface area contributed by atoms with E-state index in [0.717, 1.165) is 18.1 Å². The van der Waals surface area contributed by atoms with Gasteiger partial charge in [0.05, 0.1) is 0 Å². The molecule has 7 N–H and O–H groups in total. The summed E-state index contributed by atoms with van der Waals surface area (Å²) in [4.78, 5) is 46.9. The van der Waals surface area contributed by atoms with Gasteiger partial charge in [-0.05, 0) is 43.2 Å². The van der Waals surface area contributed by atoms with Crippen molar-refractivity contribution in [2.45, 2.75) is 33.5 Å². The third-order valence-corrected chi connectivity index (χ3v) is 5.28. The number of nitrogen functional groups attached to an aromatic ring is 1. The van der Waals surface area contributed by atoms with Gasteiger partial charge in [-0.15, -0.1) is 0 Å². The number of rotatable bonds is 10. The number of amidine groups is 1. The van der Waals surface area contributed by atoms with Crippen molar-refractivity contribution in [3.05, 3.63) is 64.4 Å². The molecule has 0 aromatic heterocycles. The summed E-state index contributed by atoms with van der Waals surface area (Å²) in [6.45, 7) is 5.07. The fraction of sp³-hybridized carbons (Fsp3) is 0.320. The van der Waals surface area contributed by atoms with Crippen molar-refractivity contribution in [2.75, 3.05) is 19.8 Å². The number of fused-ring (bicyclic) bond motifs is 1. The van der Waals surface area contributed by atoms with Gasteiger partial charge in [0, 0.05) is 49.5 Å². The highest BCUT2D eigenvalue weighted by atomic mass is 16.5. The number of carbonyl (C=O) groups excluding carboxylic acids is 3. The number of amides is 2. The molecule has 1 aliphatic heterocycles. The number of ketones is 1. The van der Waals surface area contributed by atoms with Crippen molar-refractivity contribution in [3.63, 3.8) is 0 Å². The molecule has 0 fully saturated rings. The first kappa shape index (κ1) is 28.8. The van der Waals surface area contributed by atoms with Gasteiger partial charge < -0.3 is 36.3 Å². The molecule has 0 bridgehead atoms. The molecule has 1 aliphatic carbocycles. The zero-order chi connectivity index (χ0) is 27.7. The molecule has 2 amide bonds. The standard InChI is InChI=1S/C23H27N5O5.C2H4O2/c1-3-32-23(28-10-16-6-7-18(29)13(2)17(16)11-28)22(31)27-9-15-5-4-14(21(25)26)8-19(15)33-12-20(24)30;1-2(3)4/h4-8,10,23H,3,9,11-12H2,1-2H3,(H2,24,30)(H3,25,26)(H,27,31);1H3,(H,3,4). The lowest BCUT2D eigenvalue weighted by Gasteiger charge is -2.26. The minimum atomic E-state index is -0.900. The summed E-state index contributed by atoms with van der Waals surface area (Å²) in [6, 6.07) is 4.79. The lowest BCUT2D eigenvalue weighted by atomic mass is 9.95. The van der Waals surface area contributed by atoms with Gasteiger partial charge in [0.25, 0.3) is 17.8 Å². The van der Waals surface area contributed by atoms with E-state index in [0.29, 0.717) is 29.9 Å². The highest BCUT2D eigenvalue weighted by Gasteiger charge is 2.32. The van der Waals surface area contributed by atoms with Gasteiger partial charge in [0.1, 0.15) is 11.6 Å². The van der Waals surface area contributed by atoms with Crippen LogP contribution in [0.4, 0.5) is 0 Å². The fourth-order valence-electron chi connectivity index (χ4n) is 3.55. The quantitative estimate of drug-likeness (QED) is 0.219. The minimum Gasteiger partial charge on any atom is -0.483 e. The average molecular weight is 514 g/mol. The van der Waals surface area contributed by atoms with E-state index in [-0.39, 0.29) is 36.4 Å². The van der Waals surface area contributed by atoms with Gasteiger partial charge in [-0.2, -0.15) is 0 Å². The number of nitrogens with one attached hydrogen (secondary N) is 2. The summed E-state index contributed by atoms with van der Waals surface area (Å²) in [5, 5.41) is 17.8. The number of carbonyl (C=O) groups is 4. The third-order valence-electron chi connectivity index (χ3n) is 5.28. The van der Waals surface area contributed by atoms with E-state index >= 15 is 0 Å². The maximum atomic E-state index is 13.0. The molecule has 198 valence electrons. The number of carboxylic acids is 1. The molecule has 12 heteroatoms. The van der Waals surface area contributed by atoms with Crippen LogP contribution in [0.25, 0.3) is 0 Å². The Morgan fingerprint density at radius 3 is 2.51 bits per heavy atom. The van der Waals surface area contributed by atoms with Crippen LogP contribution in [-0.4, -0.2) is 65.4 Å². The molecule has 0 radical (unpaired) electrons. The first-order valence-corrected chi connectivity index (χ1v) is 11.3. The number of hydrogen-bond acceptors (Lipinski definition) is 8. The average Bonchev–Trinajstić information content (AvgIpc) is 3.26.